The molecule has 1 heterocycles. The Morgan fingerprint density at radius 2 is 2.07 bits per heavy atom. The van der Waals surface area contributed by atoms with Crippen LogP contribution in [0.2, 0.25) is 0 Å². The lowest BCUT2D eigenvalue weighted by molar-refractivity contribution is -0.105. The molecule has 1 aromatic heterocycles. The highest BCUT2D eigenvalue weighted by atomic mass is 16.1. The van der Waals surface area contributed by atoms with Crippen LogP contribution >= 0.6 is 0 Å². The standard InChI is InChI=1S/C10H10N4O/c1-8-2-3-9(4-10(8)11-7-15)14-5-12-13-6-14/h2-7H,1H3,(H,11,15). The maximum Gasteiger partial charge on any atom is 0.211 e. The Bertz CT molecular complexity index is 464. The number of carbonyl (C=O) groups excluding carboxylic acids is 1. The highest BCUT2D eigenvalue weighted by Crippen LogP contribution is 2.18. The molecule has 0 radical (unpaired) electrons. The molecule has 0 saturated heterocycles. The van der Waals surface area contributed by atoms with Gasteiger partial charge in [0, 0.05) is 5.69 Å². The zero-order valence-electron chi connectivity index (χ0n) is 8.21. The second-order valence-corrected chi connectivity index (χ2v) is 3.13. The highest BCUT2D eigenvalue weighted by molar-refractivity contribution is 5.74. The van der Waals surface area contributed by atoms with E-state index in [1.807, 2.05) is 25.1 Å². The molecule has 2 rings (SSSR count). The Kier molecular flexibility index (Phi) is 2.45. The first kappa shape index (κ1) is 9.39. The number of amides is 1. The minimum absolute atomic E-state index is 0.665. The summed E-state index contributed by atoms with van der Waals surface area (Å²) >= 11 is 0. The molecular weight excluding hydrogens is 192 g/mol. The number of anilines is 1. The number of nitrogens with zero attached hydrogens (tertiary/aromatic N) is 3. The third-order valence-electron chi connectivity index (χ3n) is 2.15. The molecule has 0 unspecified atom stereocenters. The van der Waals surface area contributed by atoms with Gasteiger partial charge in [-0.1, -0.05) is 6.07 Å². The topological polar surface area (TPSA) is 59.8 Å². The molecule has 5 heteroatoms. The first-order chi connectivity index (χ1) is 7.31. The molecule has 0 aliphatic heterocycles. The SMILES string of the molecule is Cc1ccc(-n2cnnc2)cc1NC=O. The van der Waals surface area contributed by atoms with E-state index in [2.05, 4.69) is 15.5 Å². The lowest BCUT2D eigenvalue weighted by Crippen LogP contribution is -1.98. The number of hydrogen-bond acceptors (Lipinski definition) is 3. The second-order valence-electron chi connectivity index (χ2n) is 3.13. The maximum absolute atomic E-state index is 10.4. The zero-order chi connectivity index (χ0) is 10.7. The summed E-state index contributed by atoms with van der Waals surface area (Å²) in [6.07, 6.45) is 3.88. The number of benzene rings is 1. The van der Waals surface area contributed by atoms with Gasteiger partial charge in [0.1, 0.15) is 12.7 Å². The Morgan fingerprint density at radius 3 is 2.73 bits per heavy atom. The molecule has 0 fully saturated rings. The van der Waals surface area contributed by atoms with Gasteiger partial charge in [-0.25, -0.2) is 0 Å². The van der Waals surface area contributed by atoms with Crippen molar-refractivity contribution in [3.05, 3.63) is 36.4 Å². The van der Waals surface area contributed by atoms with Gasteiger partial charge in [-0.15, -0.1) is 10.2 Å². The van der Waals surface area contributed by atoms with Gasteiger partial charge in [0.05, 0.1) is 5.69 Å². The van der Waals surface area contributed by atoms with Crippen molar-refractivity contribution in [3.8, 4) is 5.69 Å². The summed E-state index contributed by atoms with van der Waals surface area (Å²) in [6.45, 7) is 1.93. The average molecular weight is 202 g/mol. The van der Waals surface area contributed by atoms with E-state index in [-0.39, 0.29) is 0 Å². The van der Waals surface area contributed by atoms with Crippen LogP contribution in [0.25, 0.3) is 5.69 Å². The van der Waals surface area contributed by atoms with Gasteiger partial charge in [-0.05, 0) is 24.6 Å². The summed E-state index contributed by atoms with van der Waals surface area (Å²) in [6, 6.07) is 5.74. The van der Waals surface area contributed by atoms with Crippen molar-refractivity contribution in [3.63, 3.8) is 0 Å². The van der Waals surface area contributed by atoms with Gasteiger partial charge in [0.15, 0.2) is 0 Å². The summed E-state index contributed by atoms with van der Waals surface area (Å²) in [4.78, 5) is 10.4. The smallest absolute Gasteiger partial charge is 0.211 e. The van der Waals surface area contributed by atoms with Gasteiger partial charge >= 0.3 is 0 Å². The maximum atomic E-state index is 10.4. The fourth-order valence-corrected chi connectivity index (χ4v) is 1.32. The molecule has 0 saturated carbocycles. The van der Waals surface area contributed by atoms with E-state index in [9.17, 15) is 4.79 Å². The normalized spacial score (nSPS) is 9.93. The monoisotopic (exact) mass is 202 g/mol. The average Bonchev–Trinajstić information content (AvgIpc) is 2.75. The second kappa shape index (κ2) is 3.91. The van der Waals surface area contributed by atoms with Crippen LogP contribution in [-0.4, -0.2) is 21.2 Å². The summed E-state index contributed by atoms with van der Waals surface area (Å²) < 4.78 is 1.77. The van der Waals surface area contributed by atoms with Crippen molar-refractivity contribution in [2.24, 2.45) is 0 Å². The molecule has 15 heavy (non-hydrogen) atoms. The Balaban J connectivity index is 2.42. The number of hydrogen-bond donors (Lipinski definition) is 1. The van der Waals surface area contributed by atoms with E-state index in [1.165, 1.54) is 0 Å². The molecule has 2 aromatic rings. The van der Waals surface area contributed by atoms with E-state index in [0.717, 1.165) is 16.9 Å². The lowest BCUT2D eigenvalue weighted by atomic mass is 10.2. The zero-order valence-corrected chi connectivity index (χ0v) is 8.21. The molecule has 1 amide bonds. The van der Waals surface area contributed by atoms with Crippen LogP contribution in [0.5, 0.6) is 0 Å². The van der Waals surface area contributed by atoms with Gasteiger partial charge < -0.3 is 5.32 Å². The van der Waals surface area contributed by atoms with E-state index >= 15 is 0 Å². The minimum Gasteiger partial charge on any atom is -0.328 e. The van der Waals surface area contributed by atoms with E-state index < -0.39 is 0 Å². The summed E-state index contributed by atoms with van der Waals surface area (Å²) in [7, 11) is 0. The number of nitrogens with one attached hydrogen (secondary N) is 1. The first-order valence-electron chi connectivity index (χ1n) is 4.47. The Morgan fingerprint density at radius 1 is 1.33 bits per heavy atom. The Hall–Kier alpha value is -2.17. The van der Waals surface area contributed by atoms with Crippen LogP contribution < -0.4 is 5.32 Å². The quantitative estimate of drug-likeness (QED) is 0.759. The first-order valence-corrected chi connectivity index (χ1v) is 4.47. The summed E-state index contributed by atoms with van der Waals surface area (Å²) in [5.74, 6) is 0. The molecular formula is C10H10N4O. The van der Waals surface area contributed by atoms with Gasteiger partial charge in [0.25, 0.3) is 0 Å². The Labute approximate surface area is 86.8 Å². The fourth-order valence-electron chi connectivity index (χ4n) is 1.32. The molecule has 0 atom stereocenters. The van der Waals surface area contributed by atoms with Crippen LogP contribution in [0.15, 0.2) is 30.9 Å². The van der Waals surface area contributed by atoms with Crippen LogP contribution in [0.1, 0.15) is 5.56 Å². The van der Waals surface area contributed by atoms with Crippen LogP contribution in [0, 0.1) is 6.92 Å². The molecule has 76 valence electrons. The van der Waals surface area contributed by atoms with Crippen molar-refractivity contribution in [2.45, 2.75) is 6.92 Å². The lowest BCUT2D eigenvalue weighted by Gasteiger charge is -2.07. The minimum atomic E-state index is 0.665. The highest BCUT2D eigenvalue weighted by Gasteiger charge is 2.01. The summed E-state index contributed by atoms with van der Waals surface area (Å²) in [5.41, 5.74) is 2.71. The van der Waals surface area contributed by atoms with Gasteiger partial charge in [-0.2, -0.15) is 0 Å². The van der Waals surface area contributed by atoms with Crippen molar-refractivity contribution < 1.29 is 4.79 Å². The molecule has 0 spiro atoms. The largest absolute Gasteiger partial charge is 0.328 e. The third kappa shape index (κ3) is 1.85. The van der Waals surface area contributed by atoms with Crippen molar-refractivity contribution in [2.75, 3.05) is 5.32 Å². The number of carbonyl (C=O) groups is 1. The molecule has 1 aromatic carbocycles. The third-order valence-corrected chi connectivity index (χ3v) is 2.15. The predicted molar refractivity (Wildman–Crippen MR) is 55.8 cm³/mol. The van der Waals surface area contributed by atoms with Crippen molar-refractivity contribution in [1.29, 1.82) is 0 Å². The van der Waals surface area contributed by atoms with Crippen molar-refractivity contribution in [1.82, 2.24) is 14.8 Å². The van der Waals surface area contributed by atoms with E-state index in [0.29, 0.717) is 6.41 Å². The molecule has 5 nitrogen and oxygen atoms in total. The summed E-state index contributed by atoms with van der Waals surface area (Å²) in [5, 5.41) is 10.1. The van der Waals surface area contributed by atoms with Crippen LogP contribution in [0.3, 0.4) is 0 Å². The van der Waals surface area contributed by atoms with Crippen molar-refractivity contribution >= 4 is 12.1 Å². The van der Waals surface area contributed by atoms with Crippen LogP contribution in [-0.2, 0) is 4.79 Å². The molecule has 0 aliphatic rings. The predicted octanol–water partition coefficient (Wildman–Crippen LogP) is 1.14. The fraction of sp³-hybridized carbons (Fsp3) is 0.100. The van der Waals surface area contributed by atoms with Gasteiger partial charge in [-0.3, -0.25) is 9.36 Å². The van der Waals surface area contributed by atoms with E-state index in [4.69, 9.17) is 0 Å². The molecule has 1 N–H and O–H groups in total. The molecule has 0 bridgehead atoms. The van der Waals surface area contributed by atoms with Crippen LogP contribution in [0.4, 0.5) is 5.69 Å². The van der Waals surface area contributed by atoms with E-state index in [1.54, 1.807) is 17.2 Å². The number of aromatic nitrogens is 3. The number of aryl methyl sites for hydroxylation is 1. The molecule has 0 aliphatic carbocycles. The van der Waals surface area contributed by atoms with Gasteiger partial charge in [0.2, 0.25) is 6.41 Å². The number of rotatable bonds is 3.